The Morgan fingerprint density at radius 1 is 1.11 bits per heavy atom. The summed E-state index contributed by atoms with van der Waals surface area (Å²) in [6.07, 6.45) is 0.895. The zero-order valence-electron chi connectivity index (χ0n) is 18.9. The Labute approximate surface area is 201 Å². The maximum absolute atomic E-state index is 13.8. The Bertz CT molecular complexity index is 1450. The fraction of sp³-hybridized carbons (Fsp3) is 0.160. The van der Waals surface area contributed by atoms with E-state index >= 15 is 0 Å². The molecular weight excluding hydrogens is 473 g/mol. The van der Waals surface area contributed by atoms with Gasteiger partial charge in [0.15, 0.2) is 0 Å². The number of nitrogens with one attached hydrogen (secondary N) is 1. The molecule has 3 aromatic rings. The molecule has 0 bridgehead atoms. The number of aliphatic carboxylic acids is 1. The largest absolute Gasteiger partial charge is 0.481 e. The highest BCUT2D eigenvalue weighted by atomic mass is 32.2. The molecule has 0 aromatic heterocycles. The molecule has 1 unspecified atom stereocenters. The van der Waals surface area contributed by atoms with Crippen LogP contribution in [0, 0.1) is 5.82 Å². The molecule has 3 aromatic carbocycles. The molecule has 1 aliphatic heterocycles. The molecule has 0 fully saturated rings. The average Bonchev–Trinajstić information content (AvgIpc) is 3.11. The smallest absolute Gasteiger partial charge is 0.307 e. The second-order valence-electron chi connectivity index (χ2n) is 8.17. The Morgan fingerprint density at radius 3 is 2.49 bits per heavy atom. The molecular formula is C25H22FN3O5S. The first-order valence-electron chi connectivity index (χ1n) is 10.6. The molecule has 1 atom stereocenters. The normalized spacial score (nSPS) is 15.5. The van der Waals surface area contributed by atoms with Crippen molar-refractivity contribution in [1.82, 2.24) is 0 Å². The van der Waals surface area contributed by atoms with Gasteiger partial charge in [0.1, 0.15) is 11.7 Å². The van der Waals surface area contributed by atoms with E-state index in [9.17, 15) is 27.5 Å². The van der Waals surface area contributed by atoms with Crippen molar-refractivity contribution in [2.75, 3.05) is 22.9 Å². The second-order valence-corrected chi connectivity index (χ2v) is 10.2. The fourth-order valence-corrected chi connectivity index (χ4v) is 4.39. The van der Waals surface area contributed by atoms with Gasteiger partial charge in [0.2, 0.25) is 15.9 Å². The van der Waals surface area contributed by atoms with Crippen LogP contribution in [0.5, 0.6) is 0 Å². The van der Waals surface area contributed by atoms with Gasteiger partial charge < -0.3 is 10.4 Å². The van der Waals surface area contributed by atoms with Crippen LogP contribution in [0.15, 0.2) is 71.7 Å². The number of carboxylic acid groups (broad SMARTS) is 1. The molecule has 4 rings (SSSR count). The Kier molecular flexibility index (Phi) is 6.40. The minimum Gasteiger partial charge on any atom is -0.481 e. The number of halogens is 1. The molecule has 1 aliphatic rings. The molecule has 0 saturated heterocycles. The molecule has 1 amide bonds. The summed E-state index contributed by atoms with van der Waals surface area (Å²) >= 11 is 0. The lowest BCUT2D eigenvalue weighted by Crippen LogP contribution is -2.24. The number of nitrogens with zero attached hydrogens (tertiary/aromatic N) is 2. The van der Waals surface area contributed by atoms with Crippen LogP contribution in [0.1, 0.15) is 22.6 Å². The zero-order chi connectivity index (χ0) is 25.3. The number of fused-ring (bicyclic) bond motifs is 1. The number of amides is 1. The highest BCUT2D eigenvalue weighted by Crippen LogP contribution is 2.37. The van der Waals surface area contributed by atoms with Crippen molar-refractivity contribution < 1.29 is 27.5 Å². The predicted octanol–water partition coefficient (Wildman–Crippen LogP) is 3.71. The maximum Gasteiger partial charge on any atom is 0.307 e. The van der Waals surface area contributed by atoms with Gasteiger partial charge in [-0.1, -0.05) is 24.3 Å². The summed E-state index contributed by atoms with van der Waals surface area (Å²) in [7, 11) is -2.00. The molecule has 1 heterocycles. The Hall–Kier alpha value is -4.05. The van der Waals surface area contributed by atoms with Gasteiger partial charge in [-0.3, -0.25) is 18.9 Å². The molecule has 0 saturated carbocycles. The van der Waals surface area contributed by atoms with Gasteiger partial charge in [-0.15, -0.1) is 0 Å². The minimum atomic E-state index is -3.44. The van der Waals surface area contributed by atoms with Crippen molar-refractivity contribution in [2.24, 2.45) is 4.99 Å². The number of rotatable bonds is 7. The van der Waals surface area contributed by atoms with Crippen LogP contribution in [-0.4, -0.2) is 44.4 Å². The van der Waals surface area contributed by atoms with Crippen molar-refractivity contribution >= 4 is 44.7 Å². The number of anilines is 2. The first-order chi connectivity index (χ1) is 16.5. The topological polar surface area (TPSA) is 116 Å². The monoisotopic (exact) mass is 495 g/mol. The van der Waals surface area contributed by atoms with Gasteiger partial charge >= 0.3 is 5.97 Å². The summed E-state index contributed by atoms with van der Waals surface area (Å²) in [6.45, 7) is 0. The number of hydrogen-bond acceptors (Lipinski definition) is 5. The van der Waals surface area contributed by atoms with Crippen LogP contribution in [0.25, 0.3) is 0 Å². The molecule has 0 aliphatic carbocycles. The number of carboxylic acids is 1. The summed E-state index contributed by atoms with van der Waals surface area (Å²) in [6, 6.07) is 17.2. The Morgan fingerprint density at radius 2 is 1.83 bits per heavy atom. The van der Waals surface area contributed by atoms with Gasteiger partial charge in [0.05, 0.1) is 29.8 Å². The van der Waals surface area contributed by atoms with Crippen LogP contribution in [0.3, 0.4) is 0 Å². The first-order valence-corrected chi connectivity index (χ1v) is 12.4. The highest BCUT2D eigenvalue weighted by Gasteiger charge is 2.35. The zero-order valence-corrected chi connectivity index (χ0v) is 19.7. The summed E-state index contributed by atoms with van der Waals surface area (Å²) in [5, 5.41) is 11.9. The van der Waals surface area contributed by atoms with E-state index in [0.717, 1.165) is 10.6 Å². The summed E-state index contributed by atoms with van der Waals surface area (Å²) in [4.78, 5) is 28.9. The van der Waals surface area contributed by atoms with Crippen LogP contribution in [0.4, 0.5) is 21.5 Å². The predicted molar refractivity (Wildman–Crippen MR) is 131 cm³/mol. The van der Waals surface area contributed by atoms with E-state index in [1.807, 2.05) is 0 Å². The van der Waals surface area contributed by atoms with Gasteiger partial charge in [-0.25, -0.2) is 12.8 Å². The number of benzene rings is 3. The number of carbonyl (C=O) groups excluding carboxylic acids is 1. The third kappa shape index (κ3) is 5.22. The van der Waals surface area contributed by atoms with Crippen LogP contribution in [-0.2, 0) is 26.0 Å². The van der Waals surface area contributed by atoms with Gasteiger partial charge in [-0.05, 0) is 59.2 Å². The molecule has 180 valence electrons. The standard InChI is InChI=1S/C25H22FN3O5S/c1-29(35(2,33)34)19-9-7-18(8-10-19)27-24(16-5-3-4-15(12-16)13-22(30)31)23-20-11-6-17(26)14-21(20)28-25(23)32/h3-12,14,23H,13H2,1-2H3,(H,28,32)(H,30,31). The Balaban J connectivity index is 1.83. The lowest BCUT2D eigenvalue weighted by Gasteiger charge is -2.17. The molecule has 2 N–H and O–H groups in total. The number of carbonyl (C=O) groups is 2. The van der Waals surface area contributed by atoms with Crippen LogP contribution >= 0.6 is 0 Å². The maximum atomic E-state index is 13.8. The average molecular weight is 496 g/mol. The van der Waals surface area contributed by atoms with Gasteiger partial charge in [-0.2, -0.15) is 0 Å². The summed E-state index contributed by atoms with van der Waals surface area (Å²) in [5.41, 5.74) is 3.22. The minimum absolute atomic E-state index is 0.202. The van der Waals surface area contributed by atoms with E-state index in [1.54, 1.807) is 48.5 Å². The van der Waals surface area contributed by atoms with E-state index in [1.165, 1.54) is 25.2 Å². The van der Waals surface area contributed by atoms with Crippen molar-refractivity contribution in [2.45, 2.75) is 12.3 Å². The molecule has 35 heavy (non-hydrogen) atoms. The van der Waals surface area contributed by atoms with E-state index in [0.29, 0.717) is 39.5 Å². The summed E-state index contributed by atoms with van der Waals surface area (Å²) in [5.74, 6) is -2.73. The lowest BCUT2D eigenvalue weighted by atomic mass is 9.89. The lowest BCUT2D eigenvalue weighted by molar-refractivity contribution is -0.136. The summed E-state index contributed by atoms with van der Waals surface area (Å²) < 4.78 is 38.5. The number of sulfonamides is 1. The quantitative estimate of drug-likeness (QED) is 0.485. The third-order valence-electron chi connectivity index (χ3n) is 5.66. The highest BCUT2D eigenvalue weighted by molar-refractivity contribution is 7.92. The van der Waals surface area contributed by atoms with Crippen molar-refractivity contribution in [1.29, 1.82) is 0 Å². The van der Waals surface area contributed by atoms with Crippen molar-refractivity contribution in [3.05, 3.63) is 89.2 Å². The van der Waals surface area contributed by atoms with Crippen LogP contribution < -0.4 is 9.62 Å². The SMILES string of the molecule is CN(c1ccc(N=C(c2cccc(CC(=O)O)c2)C2C(=O)Nc3cc(F)ccc32)cc1)S(C)(=O)=O. The molecule has 0 radical (unpaired) electrons. The second kappa shape index (κ2) is 9.30. The molecule has 10 heteroatoms. The van der Waals surface area contributed by atoms with E-state index in [2.05, 4.69) is 5.32 Å². The first kappa shape index (κ1) is 24.1. The molecule has 0 spiro atoms. The van der Waals surface area contributed by atoms with Crippen molar-refractivity contribution in [3.63, 3.8) is 0 Å². The van der Waals surface area contributed by atoms with Gasteiger partial charge in [0, 0.05) is 12.7 Å². The van der Waals surface area contributed by atoms with Crippen molar-refractivity contribution in [3.8, 4) is 0 Å². The number of aliphatic imine (C=N–C) groups is 1. The van der Waals surface area contributed by atoms with Gasteiger partial charge in [0.25, 0.3) is 0 Å². The molecule has 8 nitrogen and oxygen atoms in total. The van der Waals surface area contributed by atoms with Crippen LogP contribution in [0.2, 0.25) is 0 Å². The third-order valence-corrected chi connectivity index (χ3v) is 6.86. The fourth-order valence-electron chi connectivity index (χ4n) is 3.88. The number of hydrogen-bond donors (Lipinski definition) is 2. The van der Waals surface area contributed by atoms with E-state index in [-0.39, 0.29) is 12.3 Å². The van der Waals surface area contributed by atoms with E-state index in [4.69, 9.17) is 4.99 Å². The van der Waals surface area contributed by atoms with E-state index < -0.39 is 27.7 Å².